The smallest absolute Gasteiger partial charge is 0.329 e. The molecule has 0 unspecified atom stereocenters. The standard InChI is InChI=1S/C9H10N2O4/c12-7(5-6-1-4-15-11-6)10-9(2-3-9)8(13)14/h1,4H,2-3,5H2,(H,10,12)(H,13,14). The summed E-state index contributed by atoms with van der Waals surface area (Å²) >= 11 is 0. The van der Waals surface area contributed by atoms with Crippen LogP contribution in [0.15, 0.2) is 16.9 Å². The fraction of sp³-hybridized carbons (Fsp3) is 0.444. The van der Waals surface area contributed by atoms with E-state index in [4.69, 9.17) is 5.11 Å². The lowest BCUT2D eigenvalue weighted by Gasteiger charge is -2.11. The summed E-state index contributed by atoms with van der Waals surface area (Å²) in [6, 6.07) is 1.57. The van der Waals surface area contributed by atoms with Crippen LogP contribution in [0, 0.1) is 0 Å². The van der Waals surface area contributed by atoms with Gasteiger partial charge in [0.2, 0.25) is 5.91 Å². The molecule has 0 bridgehead atoms. The zero-order valence-corrected chi connectivity index (χ0v) is 7.90. The summed E-state index contributed by atoms with van der Waals surface area (Å²) in [6.45, 7) is 0. The zero-order valence-electron chi connectivity index (χ0n) is 7.90. The molecule has 0 aliphatic heterocycles. The van der Waals surface area contributed by atoms with Crippen molar-refractivity contribution in [1.82, 2.24) is 10.5 Å². The topological polar surface area (TPSA) is 92.4 Å². The average Bonchev–Trinajstić information content (AvgIpc) is 2.75. The molecule has 6 nitrogen and oxygen atoms in total. The van der Waals surface area contributed by atoms with Gasteiger partial charge in [-0.1, -0.05) is 5.16 Å². The molecule has 80 valence electrons. The van der Waals surface area contributed by atoms with E-state index in [1.54, 1.807) is 6.07 Å². The molecular formula is C9H10N2O4. The van der Waals surface area contributed by atoms with Gasteiger partial charge in [0.25, 0.3) is 0 Å². The van der Waals surface area contributed by atoms with Crippen LogP contribution in [0.4, 0.5) is 0 Å². The van der Waals surface area contributed by atoms with Crippen molar-refractivity contribution in [3.63, 3.8) is 0 Å². The molecule has 0 atom stereocenters. The predicted octanol–water partition coefficient (Wildman–Crippen LogP) is -0.0495. The first-order chi connectivity index (χ1) is 7.12. The molecular weight excluding hydrogens is 200 g/mol. The fourth-order valence-electron chi connectivity index (χ4n) is 1.32. The van der Waals surface area contributed by atoms with Crippen molar-refractivity contribution in [2.45, 2.75) is 24.8 Å². The minimum Gasteiger partial charge on any atom is -0.480 e. The molecule has 1 saturated carbocycles. The van der Waals surface area contributed by atoms with Crippen molar-refractivity contribution in [2.24, 2.45) is 0 Å². The van der Waals surface area contributed by atoms with Gasteiger partial charge < -0.3 is 14.9 Å². The molecule has 2 N–H and O–H groups in total. The highest BCUT2D eigenvalue weighted by Gasteiger charge is 2.51. The normalized spacial score (nSPS) is 17.1. The van der Waals surface area contributed by atoms with Crippen molar-refractivity contribution in [2.75, 3.05) is 0 Å². The number of nitrogens with zero attached hydrogens (tertiary/aromatic N) is 1. The summed E-state index contributed by atoms with van der Waals surface area (Å²) in [7, 11) is 0. The van der Waals surface area contributed by atoms with Crippen LogP contribution in [0.1, 0.15) is 18.5 Å². The molecule has 1 aromatic heterocycles. The van der Waals surface area contributed by atoms with E-state index < -0.39 is 11.5 Å². The minimum atomic E-state index is -1.03. The molecule has 1 fully saturated rings. The van der Waals surface area contributed by atoms with Crippen molar-refractivity contribution >= 4 is 11.9 Å². The Bertz CT molecular complexity index is 381. The van der Waals surface area contributed by atoms with Gasteiger partial charge >= 0.3 is 5.97 Å². The summed E-state index contributed by atoms with van der Waals surface area (Å²) in [4.78, 5) is 22.2. The average molecular weight is 210 g/mol. The molecule has 0 radical (unpaired) electrons. The maximum absolute atomic E-state index is 11.4. The highest BCUT2D eigenvalue weighted by molar-refractivity contribution is 5.90. The van der Waals surface area contributed by atoms with Crippen LogP contribution >= 0.6 is 0 Å². The Morgan fingerprint density at radius 2 is 2.33 bits per heavy atom. The second-order valence-corrected chi connectivity index (χ2v) is 3.60. The van der Waals surface area contributed by atoms with E-state index in [1.807, 2.05) is 0 Å². The number of hydrogen-bond donors (Lipinski definition) is 2. The number of hydrogen-bond acceptors (Lipinski definition) is 4. The van der Waals surface area contributed by atoms with Gasteiger partial charge in [0.1, 0.15) is 11.8 Å². The molecule has 6 heteroatoms. The summed E-state index contributed by atoms with van der Waals surface area (Å²) in [5, 5.41) is 14.9. The third-order valence-corrected chi connectivity index (χ3v) is 2.37. The van der Waals surface area contributed by atoms with Gasteiger partial charge in [-0.3, -0.25) is 4.79 Å². The van der Waals surface area contributed by atoms with Gasteiger partial charge in [0, 0.05) is 6.07 Å². The molecule has 0 saturated heterocycles. The first-order valence-electron chi connectivity index (χ1n) is 4.56. The number of carboxylic acid groups (broad SMARTS) is 1. The first kappa shape index (κ1) is 9.70. The Kier molecular flexibility index (Phi) is 2.18. The van der Waals surface area contributed by atoms with E-state index >= 15 is 0 Å². The third-order valence-electron chi connectivity index (χ3n) is 2.37. The quantitative estimate of drug-likeness (QED) is 0.726. The van der Waals surface area contributed by atoms with Gasteiger partial charge in [0.15, 0.2) is 0 Å². The van der Waals surface area contributed by atoms with Crippen molar-refractivity contribution in [3.8, 4) is 0 Å². The number of aliphatic carboxylic acids is 1. The van der Waals surface area contributed by atoms with Crippen LogP contribution in [0.25, 0.3) is 0 Å². The Morgan fingerprint density at radius 1 is 1.60 bits per heavy atom. The highest BCUT2D eigenvalue weighted by atomic mass is 16.5. The number of carboxylic acids is 1. The van der Waals surface area contributed by atoms with Crippen LogP contribution in [0.2, 0.25) is 0 Å². The molecule has 1 amide bonds. The van der Waals surface area contributed by atoms with Gasteiger partial charge in [-0.25, -0.2) is 4.79 Å². The predicted molar refractivity (Wildman–Crippen MR) is 48.0 cm³/mol. The van der Waals surface area contributed by atoms with Crippen molar-refractivity contribution < 1.29 is 19.2 Å². The second kappa shape index (κ2) is 3.38. The number of rotatable bonds is 4. The minimum absolute atomic E-state index is 0.0472. The summed E-state index contributed by atoms with van der Waals surface area (Å²) < 4.78 is 4.56. The van der Waals surface area contributed by atoms with Crippen LogP contribution in [-0.2, 0) is 16.0 Å². The summed E-state index contributed by atoms with van der Waals surface area (Å²) in [5.74, 6) is -1.32. The van der Waals surface area contributed by atoms with Gasteiger partial charge in [-0.15, -0.1) is 0 Å². The van der Waals surface area contributed by atoms with E-state index in [0.717, 1.165) is 0 Å². The van der Waals surface area contributed by atoms with Crippen LogP contribution in [0.3, 0.4) is 0 Å². The number of aromatic nitrogens is 1. The highest BCUT2D eigenvalue weighted by Crippen LogP contribution is 2.35. The van der Waals surface area contributed by atoms with E-state index in [2.05, 4.69) is 15.0 Å². The molecule has 0 aromatic carbocycles. The number of carbonyl (C=O) groups is 2. The fourth-order valence-corrected chi connectivity index (χ4v) is 1.32. The van der Waals surface area contributed by atoms with Crippen LogP contribution in [-0.4, -0.2) is 27.7 Å². The maximum atomic E-state index is 11.4. The monoisotopic (exact) mass is 210 g/mol. The lowest BCUT2D eigenvalue weighted by Crippen LogP contribution is -2.43. The van der Waals surface area contributed by atoms with E-state index in [1.165, 1.54) is 6.26 Å². The van der Waals surface area contributed by atoms with E-state index in [0.29, 0.717) is 18.5 Å². The molecule has 1 heterocycles. The molecule has 0 spiro atoms. The molecule has 1 aliphatic carbocycles. The maximum Gasteiger partial charge on any atom is 0.329 e. The van der Waals surface area contributed by atoms with Crippen molar-refractivity contribution in [1.29, 1.82) is 0 Å². The van der Waals surface area contributed by atoms with Crippen LogP contribution in [0.5, 0.6) is 0 Å². The number of carbonyl (C=O) groups excluding carboxylic acids is 1. The number of nitrogens with one attached hydrogen (secondary N) is 1. The molecule has 1 aliphatic rings. The van der Waals surface area contributed by atoms with Crippen molar-refractivity contribution in [3.05, 3.63) is 18.0 Å². The SMILES string of the molecule is O=C(Cc1ccon1)NC1(C(=O)O)CC1. The molecule has 2 rings (SSSR count). The molecule has 1 aromatic rings. The van der Waals surface area contributed by atoms with E-state index in [-0.39, 0.29) is 12.3 Å². The van der Waals surface area contributed by atoms with Gasteiger partial charge in [-0.2, -0.15) is 0 Å². The Hall–Kier alpha value is -1.85. The summed E-state index contributed by atoms with van der Waals surface area (Å²) in [5.41, 5.74) is -0.533. The first-order valence-corrected chi connectivity index (χ1v) is 4.56. The van der Waals surface area contributed by atoms with Crippen LogP contribution < -0.4 is 5.32 Å². The Morgan fingerprint density at radius 3 is 2.80 bits per heavy atom. The lowest BCUT2D eigenvalue weighted by molar-refractivity contribution is -0.143. The third kappa shape index (κ3) is 1.98. The molecule has 15 heavy (non-hydrogen) atoms. The Labute approximate surface area is 85.2 Å². The van der Waals surface area contributed by atoms with Gasteiger partial charge in [0.05, 0.1) is 12.1 Å². The van der Waals surface area contributed by atoms with E-state index in [9.17, 15) is 9.59 Å². The summed E-state index contributed by atoms with van der Waals surface area (Å²) in [6.07, 6.45) is 2.40. The second-order valence-electron chi connectivity index (χ2n) is 3.60. The lowest BCUT2D eigenvalue weighted by atomic mass is 10.2. The Balaban J connectivity index is 1.91. The number of amides is 1. The van der Waals surface area contributed by atoms with Gasteiger partial charge in [-0.05, 0) is 12.8 Å². The largest absolute Gasteiger partial charge is 0.480 e. The zero-order chi connectivity index (χ0) is 10.9.